The van der Waals surface area contributed by atoms with Crippen LogP contribution in [-0.4, -0.2) is 18.8 Å². The van der Waals surface area contributed by atoms with Crippen LogP contribution in [0.25, 0.3) is 0 Å². The molecular weight excluding hydrogens is 223 g/mol. The summed E-state index contributed by atoms with van der Waals surface area (Å²) in [6, 6.07) is 3.36. The number of aliphatic hydroxyl groups excluding tert-OH is 1. The lowest BCUT2D eigenvalue weighted by Crippen LogP contribution is -2.14. The van der Waals surface area contributed by atoms with Crippen molar-refractivity contribution < 1.29 is 23.0 Å². The quantitative estimate of drug-likeness (QED) is 0.838. The van der Waals surface area contributed by atoms with E-state index >= 15 is 0 Å². The zero-order valence-electron chi connectivity index (χ0n) is 8.58. The smallest absolute Gasteiger partial charge is 0.419 e. The Morgan fingerprint density at radius 1 is 1.44 bits per heavy atom. The van der Waals surface area contributed by atoms with Crippen LogP contribution in [-0.2, 0) is 6.18 Å². The fourth-order valence-electron chi connectivity index (χ4n) is 1.29. The van der Waals surface area contributed by atoms with Crippen molar-refractivity contribution in [3.05, 3.63) is 29.3 Å². The fourth-order valence-corrected chi connectivity index (χ4v) is 1.29. The molecule has 6 heteroatoms. The van der Waals surface area contributed by atoms with Crippen molar-refractivity contribution in [2.45, 2.75) is 12.3 Å². The molecule has 0 spiro atoms. The summed E-state index contributed by atoms with van der Waals surface area (Å²) in [5, 5.41) is 9.35. The van der Waals surface area contributed by atoms with E-state index in [0.29, 0.717) is 0 Å². The van der Waals surface area contributed by atoms with Gasteiger partial charge in [-0.25, -0.2) is 0 Å². The van der Waals surface area contributed by atoms with Gasteiger partial charge in [0.2, 0.25) is 0 Å². The molecule has 1 aromatic carbocycles. The van der Waals surface area contributed by atoms with Gasteiger partial charge in [0.05, 0.1) is 18.8 Å². The van der Waals surface area contributed by atoms with Gasteiger partial charge < -0.3 is 15.6 Å². The number of rotatable bonds is 3. The van der Waals surface area contributed by atoms with Crippen molar-refractivity contribution in [3.8, 4) is 5.75 Å². The third-order valence-electron chi connectivity index (χ3n) is 2.14. The molecule has 3 nitrogen and oxygen atoms in total. The Hall–Kier alpha value is -1.27. The summed E-state index contributed by atoms with van der Waals surface area (Å²) in [6.45, 7) is -0.135. The molecule has 1 rings (SSSR count). The SMILES string of the molecule is COc1ccc(C(O)CN)cc1C(F)(F)F. The van der Waals surface area contributed by atoms with Gasteiger partial charge in [-0.3, -0.25) is 0 Å². The van der Waals surface area contributed by atoms with Crippen molar-refractivity contribution in [2.24, 2.45) is 5.73 Å². The summed E-state index contributed by atoms with van der Waals surface area (Å²) >= 11 is 0. The normalized spacial score (nSPS) is 13.6. The molecule has 0 saturated heterocycles. The Labute approximate surface area is 90.6 Å². The monoisotopic (exact) mass is 235 g/mol. The minimum absolute atomic E-state index is 0.121. The number of nitrogens with two attached hydrogens (primary N) is 1. The minimum Gasteiger partial charge on any atom is -0.496 e. The lowest BCUT2D eigenvalue weighted by atomic mass is 10.0. The van der Waals surface area contributed by atoms with Gasteiger partial charge in [0, 0.05) is 6.54 Å². The van der Waals surface area contributed by atoms with Gasteiger partial charge >= 0.3 is 6.18 Å². The maximum Gasteiger partial charge on any atom is 0.419 e. The Balaban J connectivity index is 3.22. The average Bonchev–Trinajstić information content (AvgIpc) is 2.26. The molecule has 1 atom stereocenters. The molecule has 0 bridgehead atoms. The Morgan fingerprint density at radius 2 is 2.06 bits per heavy atom. The molecule has 16 heavy (non-hydrogen) atoms. The first kappa shape index (κ1) is 12.8. The number of halogens is 3. The number of benzene rings is 1. The predicted molar refractivity (Wildman–Crippen MR) is 52.0 cm³/mol. The minimum atomic E-state index is -4.52. The number of hydrogen-bond acceptors (Lipinski definition) is 3. The number of methoxy groups -OCH3 is 1. The molecule has 3 N–H and O–H groups in total. The number of aliphatic hydroxyl groups is 1. The fraction of sp³-hybridized carbons (Fsp3) is 0.400. The topological polar surface area (TPSA) is 55.5 Å². The van der Waals surface area contributed by atoms with Crippen LogP contribution < -0.4 is 10.5 Å². The van der Waals surface area contributed by atoms with Gasteiger partial charge in [-0.2, -0.15) is 13.2 Å². The maximum absolute atomic E-state index is 12.6. The van der Waals surface area contributed by atoms with Crippen LogP contribution in [0.5, 0.6) is 5.75 Å². The van der Waals surface area contributed by atoms with Crippen molar-refractivity contribution >= 4 is 0 Å². The van der Waals surface area contributed by atoms with E-state index in [0.717, 1.165) is 19.2 Å². The van der Waals surface area contributed by atoms with Gasteiger partial charge in [-0.05, 0) is 17.7 Å². The molecule has 0 aliphatic rings. The molecular formula is C10H12F3NO2. The molecule has 0 heterocycles. The number of ether oxygens (including phenoxy) is 1. The summed E-state index contributed by atoms with van der Waals surface area (Å²) in [7, 11) is 1.16. The molecule has 90 valence electrons. The van der Waals surface area contributed by atoms with Crippen molar-refractivity contribution in [1.82, 2.24) is 0 Å². The summed E-state index contributed by atoms with van der Waals surface area (Å²) in [4.78, 5) is 0. The van der Waals surface area contributed by atoms with E-state index in [2.05, 4.69) is 4.74 Å². The van der Waals surface area contributed by atoms with Gasteiger partial charge in [0.15, 0.2) is 0 Å². The lowest BCUT2D eigenvalue weighted by Gasteiger charge is -2.15. The third-order valence-corrected chi connectivity index (χ3v) is 2.14. The lowest BCUT2D eigenvalue weighted by molar-refractivity contribution is -0.138. The molecule has 0 saturated carbocycles. The molecule has 0 amide bonds. The standard InChI is InChI=1S/C10H12F3NO2/c1-16-9-3-2-6(8(15)5-14)4-7(9)10(11,12)13/h2-4,8,15H,5,14H2,1H3. The van der Waals surface area contributed by atoms with Crippen LogP contribution >= 0.6 is 0 Å². The molecule has 1 unspecified atom stereocenters. The van der Waals surface area contributed by atoms with Crippen LogP contribution in [0.3, 0.4) is 0 Å². The van der Waals surface area contributed by atoms with E-state index in [9.17, 15) is 18.3 Å². The molecule has 0 aromatic heterocycles. The average molecular weight is 235 g/mol. The van der Waals surface area contributed by atoms with Crippen LogP contribution in [0, 0.1) is 0 Å². The van der Waals surface area contributed by atoms with Crippen molar-refractivity contribution in [1.29, 1.82) is 0 Å². The van der Waals surface area contributed by atoms with Gasteiger partial charge in [0.25, 0.3) is 0 Å². The first-order valence-electron chi connectivity index (χ1n) is 4.53. The van der Waals surface area contributed by atoms with Crippen molar-refractivity contribution in [3.63, 3.8) is 0 Å². The number of hydrogen-bond donors (Lipinski definition) is 2. The van der Waals surface area contributed by atoms with E-state index < -0.39 is 17.8 Å². The third kappa shape index (κ3) is 2.65. The van der Waals surface area contributed by atoms with Crippen LogP contribution in [0.4, 0.5) is 13.2 Å². The highest BCUT2D eigenvalue weighted by Crippen LogP contribution is 2.37. The summed E-state index contributed by atoms with van der Waals surface area (Å²) < 4.78 is 42.4. The Kier molecular flexibility index (Phi) is 3.77. The van der Waals surface area contributed by atoms with E-state index in [1.807, 2.05) is 0 Å². The zero-order valence-corrected chi connectivity index (χ0v) is 8.58. The largest absolute Gasteiger partial charge is 0.496 e. The molecule has 1 aromatic rings. The predicted octanol–water partition coefficient (Wildman–Crippen LogP) is 1.71. The van der Waals surface area contributed by atoms with Gasteiger partial charge in [-0.1, -0.05) is 6.07 Å². The second-order valence-corrected chi connectivity index (χ2v) is 3.21. The van der Waals surface area contributed by atoms with E-state index in [-0.39, 0.29) is 17.9 Å². The van der Waals surface area contributed by atoms with Crippen LogP contribution in [0.15, 0.2) is 18.2 Å². The Bertz CT molecular complexity index is 366. The maximum atomic E-state index is 12.6. The Morgan fingerprint density at radius 3 is 2.50 bits per heavy atom. The van der Waals surface area contributed by atoms with Gasteiger partial charge in [-0.15, -0.1) is 0 Å². The molecule has 0 radical (unpaired) electrons. The first-order chi connectivity index (χ1) is 7.40. The van der Waals surface area contributed by atoms with Crippen molar-refractivity contribution in [2.75, 3.05) is 13.7 Å². The highest BCUT2D eigenvalue weighted by atomic mass is 19.4. The summed E-state index contributed by atoms with van der Waals surface area (Å²) in [5.74, 6) is -0.277. The second kappa shape index (κ2) is 4.71. The summed E-state index contributed by atoms with van der Waals surface area (Å²) in [6.07, 6.45) is -5.62. The molecule has 0 fully saturated rings. The number of alkyl halides is 3. The van der Waals surface area contributed by atoms with E-state index in [1.165, 1.54) is 6.07 Å². The van der Waals surface area contributed by atoms with E-state index in [1.54, 1.807) is 0 Å². The zero-order chi connectivity index (χ0) is 12.3. The molecule has 0 aliphatic carbocycles. The van der Waals surface area contributed by atoms with Crippen LogP contribution in [0.2, 0.25) is 0 Å². The first-order valence-corrected chi connectivity index (χ1v) is 4.53. The molecule has 0 aliphatic heterocycles. The van der Waals surface area contributed by atoms with Crippen LogP contribution in [0.1, 0.15) is 17.2 Å². The summed E-state index contributed by atoms with van der Waals surface area (Å²) in [5.41, 5.74) is 4.38. The van der Waals surface area contributed by atoms with E-state index in [4.69, 9.17) is 5.73 Å². The highest BCUT2D eigenvalue weighted by molar-refractivity contribution is 5.40. The second-order valence-electron chi connectivity index (χ2n) is 3.21. The van der Waals surface area contributed by atoms with Gasteiger partial charge in [0.1, 0.15) is 5.75 Å². The highest BCUT2D eigenvalue weighted by Gasteiger charge is 2.34.